The molecule has 4 aromatic rings. The highest BCUT2D eigenvalue weighted by atomic mass is 79.9. The molecule has 36 heavy (non-hydrogen) atoms. The highest BCUT2D eigenvalue weighted by Gasteiger charge is 2.21. The highest BCUT2D eigenvalue weighted by molar-refractivity contribution is 9.10. The number of aldehydes is 1. The Kier molecular flexibility index (Phi) is 7.36. The van der Waals surface area contributed by atoms with Gasteiger partial charge >= 0.3 is 6.09 Å². The van der Waals surface area contributed by atoms with Crippen molar-refractivity contribution < 1.29 is 18.7 Å². The number of nitrogens with zero attached hydrogens (tertiary/aromatic N) is 2. The van der Waals surface area contributed by atoms with E-state index >= 15 is 0 Å². The van der Waals surface area contributed by atoms with E-state index in [-0.39, 0.29) is 0 Å². The van der Waals surface area contributed by atoms with Crippen LogP contribution in [-0.2, 0) is 17.7 Å². The monoisotopic (exact) mass is 551 g/mol. The summed E-state index contributed by atoms with van der Waals surface area (Å²) < 4.78 is 14.1. The topological polar surface area (TPSA) is 86.4 Å². The number of nitrogens with one attached hydrogen (secondary N) is 1. The SMILES string of the molecule is CCCc1nc(C)c(C=O)n1Cc1ccc2c(-c3ccccc3NC(=O)OC(C)(C)C)oc(Br)c2c1. The quantitative estimate of drug-likeness (QED) is 0.240. The third-order valence-corrected chi connectivity index (χ3v) is 6.32. The molecule has 1 amide bonds. The van der Waals surface area contributed by atoms with Gasteiger partial charge in [0.05, 0.1) is 11.4 Å². The van der Waals surface area contributed by atoms with Crippen molar-refractivity contribution in [1.29, 1.82) is 0 Å². The van der Waals surface area contributed by atoms with Crippen LogP contribution in [0.4, 0.5) is 10.5 Å². The Morgan fingerprint density at radius 3 is 2.64 bits per heavy atom. The fourth-order valence-electron chi connectivity index (χ4n) is 4.22. The average Bonchev–Trinajstić information content (AvgIpc) is 3.28. The van der Waals surface area contributed by atoms with E-state index in [9.17, 15) is 9.59 Å². The molecular weight excluding hydrogens is 522 g/mol. The summed E-state index contributed by atoms with van der Waals surface area (Å²) >= 11 is 3.57. The molecule has 1 N–H and O–H groups in total. The van der Waals surface area contributed by atoms with Crippen LogP contribution < -0.4 is 5.32 Å². The molecule has 188 valence electrons. The lowest BCUT2D eigenvalue weighted by atomic mass is 10.0. The summed E-state index contributed by atoms with van der Waals surface area (Å²) in [4.78, 5) is 28.8. The maximum atomic E-state index is 12.4. The lowest BCUT2D eigenvalue weighted by molar-refractivity contribution is 0.0636. The molecule has 0 aliphatic heterocycles. The Bertz CT molecular complexity index is 1430. The maximum Gasteiger partial charge on any atom is 0.412 e. The molecule has 7 nitrogen and oxygen atoms in total. The fraction of sp³-hybridized carbons (Fsp3) is 0.321. The van der Waals surface area contributed by atoms with Crippen molar-refractivity contribution in [2.45, 2.75) is 59.6 Å². The first-order chi connectivity index (χ1) is 17.1. The Morgan fingerprint density at radius 1 is 1.19 bits per heavy atom. The van der Waals surface area contributed by atoms with Gasteiger partial charge in [-0.1, -0.05) is 31.2 Å². The largest absolute Gasteiger partial charge is 0.448 e. The third kappa shape index (κ3) is 5.38. The summed E-state index contributed by atoms with van der Waals surface area (Å²) in [5, 5.41) is 4.63. The molecule has 2 heterocycles. The number of rotatable bonds is 7. The number of amides is 1. The molecule has 0 fully saturated rings. The van der Waals surface area contributed by atoms with Gasteiger partial charge in [0.2, 0.25) is 0 Å². The molecule has 8 heteroatoms. The second-order valence-corrected chi connectivity index (χ2v) is 10.4. The van der Waals surface area contributed by atoms with Crippen molar-refractivity contribution >= 4 is 44.8 Å². The van der Waals surface area contributed by atoms with Gasteiger partial charge in [-0.3, -0.25) is 10.1 Å². The van der Waals surface area contributed by atoms with Gasteiger partial charge in [-0.05, 0) is 73.8 Å². The van der Waals surface area contributed by atoms with Gasteiger partial charge in [0, 0.05) is 29.3 Å². The number of benzene rings is 2. The highest BCUT2D eigenvalue weighted by Crippen LogP contribution is 2.40. The number of anilines is 1. The number of furan rings is 1. The normalized spacial score (nSPS) is 11.6. The van der Waals surface area contributed by atoms with Crippen molar-refractivity contribution in [3.63, 3.8) is 0 Å². The zero-order chi connectivity index (χ0) is 26.0. The van der Waals surface area contributed by atoms with Crippen molar-refractivity contribution in [1.82, 2.24) is 9.55 Å². The van der Waals surface area contributed by atoms with Crippen LogP contribution in [0.25, 0.3) is 22.1 Å². The first-order valence-corrected chi connectivity index (χ1v) is 12.7. The van der Waals surface area contributed by atoms with Gasteiger partial charge in [-0.15, -0.1) is 0 Å². The van der Waals surface area contributed by atoms with Crippen molar-refractivity contribution in [2.24, 2.45) is 0 Å². The molecule has 0 spiro atoms. The average molecular weight is 552 g/mol. The van der Waals surface area contributed by atoms with Gasteiger partial charge in [0.25, 0.3) is 0 Å². The van der Waals surface area contributed by atoms with Crippen LogP contribution in [0.15, 0.2) is 51.6 Å². The minimum absolute atomic E-state index is 0.531. The van der Waals surface area contributed by atoms with Crippen LogP contribution in [0.5, 0.6) is 0 Å². The summed E-state index contributed by atoms with van der Waals surface area (Å²) in [5.41, 5.74) is 3.10. The fourth-order valence-corrected chi connectivity index (χ4v) is 4.71. The van der Waals surface area contributed by atoms with E-state index in [1.54, 1.807) is 0 Å². The standard InChI is InChI=1S/C28H30BrN3O4/c1-6-9-24-30-17(2)23(16-33)32(24)15-18-12-13-19-21(14-18)26(29)35-25(19)20-10-7-8-11-22(20)31-27(34)36-28(3,4)5/h7-8,10-14,16H,6,9,15H2,1-5H3,(H,31,34). The van der Waals surface area contributed by atoms with E-state index in [0.717, 1.165) is 52.5 Å². The zero-order valence-electron chi connectivity index (χ0n) is 21.1. The summed E-state index contributed by atoms with van der Waals surface area (Å²) in [6, 6.07) is 13.5. The molecule has 0 atom stereocenters. The van der Waals surface area contributed by atoms with Crippen LogP contribution in [0.1, 0.15) is 61.7 Å². The van der Waals surface area contributed by atoms with Crippen LogP contribution in [0, 0.1) is 6.92 Å². The van der Waals surface area contributed by atoms with E-state index in [2.05, 4.69) is 39.2 Å². The Labute approximate surface area is 219 Å². The van der Waals surface area contributed by atoms with Crippen LogP contribution in [-0.4, -0.2) is 27.5 Å². The second kappa shape index (κ2) is 10.3. The number of fused-ring (bicyclic) bond motifs is 1. The second-order valence-electron chi connectivity index (χ2n) is 9.71. The van der Waals surface area contributed by atoms with Crippen LogP contribution >= 0.6 is 15.9 Å². The molecule has 0 radical (unpaired) electrons. The van der Waals surface area contributed by atoms with Gasteiger partial charge < -0.3 is 13.7 Å². The number of carbonyl (C=O) groups is 2. The molecule has 2 aromatic heterocycles. The molecule has 0 aliphatic rings. The molecular formula is C28H30BrN3O4. The first kappa shape index (κ1) is 25.7. The predicted octanol–water partition coefficient (Wildman–Crippen LogP) is 7.53. The minimum atomic E-state index is -0.607. The molecule has 4 rings (SSSR count). The van der Waals surface area contributed by atoms with Gasteiger partial charge in [-0.2, -0.15) is 0 Å². The number of halogens is 1. The molecule has 0 bridgehead atoms. The van der Waals surface area contributed by atoms with Crippen LogP contribution in [0.3, 0.4) is 0 Å². The zero-order valence-corrected chi connectivity index (χ0v) is 22.7. The molecule has 0 unspecified atom stereocenters. The predicted molar refractivity (Wildman–Crippen MR) is 145 cm³/mol. The number of aromatic nitrogens is 2. The molecule has 0 aliphatic carbocycles. The smallest absolute Gasteiger partial charge is 0.412 e. The van der Waals surface area contributed by atoms with E-state index < -0.39 is 11.7 Å². The third-order valence-electron chi connectivity index (χ3n) is 5.74. The van der Waals surface area contributed by atoms with Crippen molar-refractivity contribution in [3.05, 3.63) is 69.9 Å². The maximum absolute atomic E-state index is 12.4. The van der Waals surface area contributed by atoms with Crippen molar-refractivity contribution in [3.8, 4) is 11.3 Å². The summed E-state index contributed by atoms with van der Waals surface area (Å²) in [7, 11) is 0. The Balaban J connectivity index is 1.70. The molecule has 0 saturated heterocycles. The number of para-hydroxylation sites is 1. The lowest BCUT2D eigenvalue weighted by Crippen LogP contribution is -2.27. The van der Waals surface area contributed by atoms with Gasteiger partial charge in [-0.25, -0.2) is 9.78 Å². The summed E-state index contributed by atoms with van der Waals surface area (Å²) in [5.74, 6) is 1.54. The number of ether oxygens (including phenoxy) is 1. The number of imidazole rings is 1. The lowest BCUT2D eigenvalue weighted by Gasteiger charge is -2.20. The van der Waals surface area contributed by atoms with Gasteiger partial charge in [0.15, 0.2) is 11.0 Å². The first-order valence-electron chi connectivity index (χ1n) is 11.9. The Hall–Kier alpha value is -3.39. The van der Waals surface area contributed by atoms with E-state index in [0.29, 0.717) is 28.4 Å². The minimum Gasteiger partial charge on any atom is -0.448 e. The molecule has 0 saturated carbocycles. The Morgan fingerprint density at radius 2 is 1.94 bits per heavy atom. The van der Waals surface area contributed by atoms with Gasteiger partial charge in [0.1, 0.15) is 22.9 Å². The summed E-state index contributed by atoms with van der Waals surface area (Å²) in [6.07, 6.45) is 2.09. The molecule has 2 aromatic carbocycles. The number of hydrogen-bond acceptors (Lipinski definition) is 5. The number of hydrogen-bond donors (Lipinski definition) is 1. The number of carbonyl (C=O) groups excluding carboxylic acids is 2. The van der Waals surface area contributed by atoms with E-state index in [1.165, 1.54) is 0 Å². The number of aryl methyl sites for hydroxylation is 2. The van der Waals surface area contributed by atoms with E-state index in [1.807, 2.05) is 68.7 Å². The summed E-state index contributed by atoms with van der Waals surface area (Å²) in [6.45, 7) is 9.96. The van der Waals surface area contributed by atoms with E-state index in [4.69, 9.17) is 9.15 Å². The van der Waals surface area contributed by atoms with Crippen molar-refractivity contribution in [2.75, 3.05) is 5.32 Å². The van der Waals surface area contributed by atoms with Crippen LogP contribution in [0.2, 0.25) is 0 Å².